The van der Waals surface area contributed by atoms with Crippen molar-refractivity contribution in [3.63, 3.8) is 0 Å². The topological polar surface area (TPSA) is 142 Å². The Kier molecular flexibility index (Phi) is 7.28. The summed E-state index contributed by atoms with van der Waals surface area (Å²) in [6, 6.07) is 4.65. The van der Waals surface area contributed by atoms with Crippen molar-refractivity contribution in [2.75, 3.05) is 12.3 Å². The molecule has 0 saturated heterocycles. The number of nitrogens with two attached hydrogens (primary N) is 2. The lowest BCUT2D eigenvalue weighted by atomic mass is 10.0. The standard InChI is InChI=1S/C20H26FN5O4/c1-4-25-19(29)15(14(27)9-24-16(11(2)3)18(23)28)17(22)26(20(25)30)10-12-5-7-13(21)8-6-12/h5-8,11,16,24H,4,9-10,22H2,1-3H3,(H2,23,28)/t16-/m0/s1. The van der Waals surface area contributed by atoms with E-state index in [0.29, 0.717) is 5.56 Å². The second-order valence-electron chi connectivity index (χ2n) is 7.23. The van der Waals surface area contributed by atoms with Gasteiger partial charge in [0.25, 0.3) is 5.56 Å². The number of nitrogen functional groups attached to an aromatic ring is 1. The van der Waals surface area contributed by atoms with Gasteiger partial charge in [0.15, 0.2) is 5.78 Å². The van der Waals surface area contributed by atoms with E-state index in [1.165, 1.54) is 24.3 Å². The Morgan fingerprint density at radius 3 is 2.23 bits per heavy atom. The first kappa shape index (κ1) is 23.0. The van der Waals surface area contributed by atoms with Crippen LogP contribution in [0.4, 0.5) is 10.2 Å². The molecule has 0 aliphatic heterocycles. The monoisotopic (exact) mass is 419 g/mol. The largest absolute Gasteiger partial charge is 0.384 e. The van der Waals surface area contributed by atoms with E-state index in [0.717, 1.165) is 9.13 Å². The summed E-state index contributed by atoms with van der Waals surface area (Å²) in [6.07, 6.45) is 0. The number of hydrogen-bond donors (Lipinski definition) is 3. The third-order valence-corrected chi connectivity index (χ3v) is 4.77. The van der Waals surface area contributed by atoms with Gasteiger partial charge in [0, 0.05) is 6.54 Å². The maximum absolute atomic E-state index is 13.2. The minimum atomic E-state index is -0.803. The molecule has 0 unspecified atom stereocenters. The van der Waals surface area contributed by atoms with Crippen LogP contribution < -0.4 is 28.0 Å². The van der Waals surface area contributed by atoms with Gasteiger partial charge in [0.05, 0.1) is 19.1 Å². The Morgan fingerprint density at radius 2 is 1.73 bits per heavy atom. The number of nitrogens with one attached hydrogen (secondary N) is 1. The minimum Gasteiger partial charge on any atom is -0.384 e. The average Bonchev–Trinajstić information content (AvgIpc) is 2.66. The van der Waals surface area contributed by atoms with Crippen LogP contribution >= 0.6 is 0 Å². The van der Waals surface area contributed by atoms with Gasteiger partial charge in [0.1, 0.15) is 17.2 Å². The Morgan fingerprint density at radius 1 is 1.13 bits per heavy atom. The van der Waals surface area contributed by atoms with Crippen LogP contribution in [0.1, 0.15) is 36.7 Å². The zero-order chi connectivity index (χ0) is 22.6. The van der Waals surface area contributed by atoms with E-state index < -0.39 is 34.8 Å². The number of ketones is 1. The van der Waals surface area contributed by atoms with Crippen molar-refractivity contribution in [1.29, 1.82) is 0 Å². The van der Waals surface area contributed by atoms with Crippen molar-refractivity contribution in [1.82, 2.24) is 14.5 Å². The number of amides is 1. The van der Waals surface area contributed by atoms with Crippen LogP contribution in [0.15, 0.2) is 33.9 Å². The number of halogens is 1. The summed E-state index contributed by atoms with van der Waals surface area (Å²) < 4.78 is 15.2. The molecule has 0 fully saturated rings. The summed E-state index contributed by atoms with van der Waals surface area (Å²) in [5.41, 5.74) is 10.1. The first-order valence-electron chi connectivity index (χ1n) is 9.51. The number of anilines is 1. The molecular formula is C20H26FN5O4. The predicted molar refractivity (Wildman–Crippen MR) is 111 cm³/mol. The predicted octanol–water partition coefficient (Wildman–Crippen LogP) is 0.0817. The zero-order valence-corrected chi connectivity index (χ0v) is 17.1. The Hall–Kier alpha value is -3.27. The van der Waals surface area contributed by atoms with E-state index in [2.05, 4.69) is 5.32 Å². The molecule has 1 aromatic heterocycles. The first-order valence-corrected chi connectivity index (χ1v) is 9.51. The fourth-order valence-electron chi connectivity index (χ4n) is 3.14. The Balaban J connectivity index is 2.47. The van der Waals surface area contributed by atoms with Crippen molar-refractivity contribution >= 4 is 17.5 Å². The fourth-order valence-corrected chi connectivity index (χ4v) is 3.14. The quantitative estimate of drug-likeness (QED) is 0.492. The van der Waals surface area contributed by atoms with Crippen LogP contribution in [-0.2, 0) is 17.9 Å². The van der Waals surface area contributed by atoms with Crippen LogP contribution in [0, 0.1) is 11.7 Å². The molecule has 0 radical (unpaired) electrons. The van der Waals surface area contributed by atoms with Crippen molar-refractivity contribution in [2.45, 2.75) is 39.9 Å². The highest BCUT2D eigenvalue weighted by Crippen LogP contribution is 2.11. The smallest absolute Gasteiger partial charge is 0.332 e. The van der Waals surface area contributed by atoms with Gasteiger partial charge in [-0.15, -0.1) is 0 Å². The molecule has 0 aliphatic carbocycles. The maximum Gasteiger partial charge on any atom is 0.332 e. The van der Waals surface area contributed by atoms with Gasteiger partial charge in [-0.3, -0.25) is 28.8 Å². The lowest BCUT2D eigenvalue weighted by Gasteiger charge is -2.19. The zero-order valence-electron chi connectivity index (χ0n) is 17.1. The van der Waals surface area contributed by atoms with Gasteiger partial charge in [-0.1, -0.05) is 26.0 Å². The number of rotatable bonds is 9. The summed E-state index contributed by atoms with van der Waals surface area (Å²) in [7, 11) is 0. The molecule has 2 aromatic rings. The third-order valence-electron chi connectivity index (χ3n) is 4.77. The molecule has 2 rings (SSSR count). The van der Waals surface area contributed by atoms with Crippen molar-refractivity contribution in [3.05, 3.63) is 62.0 Å². The Labute approximate surface area is 172 Å². The molecule has 0 saturated carbocycles. The molecule has 5 N–H and O–H groups in total. The molecule has 30 heavy (non-hydrogen) atoms. The molecule has 1 aromatic carbocycles. The molecule has 1 atom stereocenters. The number of hydrogen-bond acceptors (Lipinski definition) is 6. The van der Waals surface area contributed by atoms with Crippen LogP contribution in [0.5, 0.6) is 0 Å². The van der Waals surface area contributed by atoms with Crippen LogP contribution in [0.25, 0.3) is 0 Å². The Bertz CT molecular complexity index is 1060. The number of benzene rings is 1. The van der Waals surface area contributed by atoms with E-state index in [9.17, 15) is 23.6 Å². The van der Waals surface area contributed by atoms with Crippen molar-refractivity contribution in [3.8, 4) is 0 Å². The second-order valence-corrected chi connectivity index (χ2v) is 7.23. The van der Waals surface area contributed by atoms with E-state index in [4.69, 9.17) is 11.5 Å². The molecule has 1 amide bonds. The lowest BCUT2D eigenvalue weighted by Crippen LogP contribution is -2.49. The molecule has 1 heterocycles. The molecule has 10 heteroatoms. The van der Waals surface area contributed by atoms with E-state index in [-0.39, 0.29) is 36.9 Å². The number of carbonyl (C=O) groups is 2. The highest BCUT2D eigenvalue weighted by Gasteiger charge is 2.25. The average molecular weight is 419 g/mol. The SMILES string of the molecule is CCn1c(=O)c(C(=O)CN[C@H](C(N)=O)C(C)C)c(N)n(Cc2ccc(F)cc2)c1=O. The normalized spacial score (nSPS) is 12.2. The van der Waals surface area contributed by atoms with Gasteiger partial charge in [-0.25, -0.2) is 9.18 Å². The highest BCUT2D eigenvalue weighted by molar-refractivity contribution is 6.01. The van der Waals surface area contributed by atoms with Crippen LogP contribution in [0.3, 0.4) is 0 Å². The maximum atomic E-state index is 13.2. The van der Waals surface area contributed by atoms with Gasteiger partial charge >= 0.3 is 5.69 Å². The number of carbonyl (C=O) groups excluding carboxylic acids is 2. The summed E-state index contributed by atoms with van der Waals surface area (Å²) in [4.78, 5) is 49.8. The van der Waals surface area contributed by atoms with Gasteiger partial charge < -0.3 is 11.5 Å². The number of nitrogens with zero attached hydrogens (tertiary/aromatic N) is 2. The minimum absolute atomic E-state index is 0.0327. The van der Waals surface area contributed by atoms with E-state index >= 15 is 0 Å². The third kappa shape index (κ3) is 4.82. The van der Waals surface area contributed by atoms with Crippen molar-refractivity contribution in [2.24, 2.45) is 11.7 Å². The molecule has 0 bridgehead atoms. The summed E-state index contributed by atoms with van der Waals surface area (Å²) in [6.45, 7) is 4.74. The second kappa shape index (κ2) is 9.49. The summed E-state index contributed by atoms with van der Waals surface area (Å²) in [5, 5.41) is 2.74. The highest BCUT2D eigenvalue weighted by atomic mass is 19.1. The van der Waals surface area contributed by atoms with E-state index in [1.54, 1.807) is 20.8 Å². The van der Waals surface area contributed by atoms with Gasteiger partial charge in [-0.05, 0) is 30.5 Å². The van der Waals surface area contributed by atoms with Crippen LogP contribution in [-0.4, -0.2) is 33.4 Å². The molecule has 0 spiro atoms. The molecule has 162 valence electrons. The molecule has 0 aliphatic rings. The van der Waals surface area contributed by atoms with Gasteiger partial charge in [0.2, 0.25) is 5.91 Å². The fraction of sp³-hybridized carbons (Fsp3) is 0.400. The molecule has 9 nitrogen and oxygen atoms in total. The summed E-state index contributed by atoms with van der Waals surface area (Å²) >= 11 is 0. The lowest BCUT2D eigenvalue weighted by molar-refractivity contribution is -0.120. The van der Waals surface area contributed by atoms with E-state index in [1.807, 2.05) is 0 Å². The number of primary amides is 1. The van der Waals surface area contributed by atoms with Gasteiger partial charge in [-0.2, -0.15) is 0 Å². The van der Waals surface area contributed by atoms with Crippen LogP contribution in [0.2, 0.25) is 0 Å². The summed E-state index contributed by atoms with van der Waals surface area (Å²) in [5.74, 6) is -2.19. The first-order chi connectivity index (χ1) is 14.1. The molecular weight excluding hydrogens is 393 g/mol. The number of Topliss-reactive ketones (excluding diaryl/α,β-unsaturated/α-hetero) is 1. The number of aromatic nitrogens is 2. The van der Waals surface area contributed by atoms with Crippen molar-refractivity contribution < 1.29 is 14.0 Å².